The quantitative estimate of drug-likeness (QED) is 0.458. The minimum atomic E-state index is -0.301. The van der Waals surface area contributed by atoms with Crippen LogP contribution in [0.5, 0.6) is 0 Å². The van der Waals surface area contributed by atoms with Crippen molar-refractivity contribution < 1.29 is 9.53 Å². The molecular formula is C19H26N4O4S2. The number of aryl methyl sites for hydroxylation is 1. The molecule has 1 fully saturated rings. The number of fused-ring (bicyclic) bond motifs is 1. The summed E-state index contributed by atoms with van der Waals surface area (Å²) in [7, 11) is 1.59. The molecule has 10 heteroatoms. The molecule has 1 saturated heterocycles. The number of thiocarbonyl (C=S) groups is 1. The molecule has 0 aliphatic carbocycles. The summed E-state index contributed by atoms with van der Waals surface area (Å²) in [5.74, 6) is 0.170. The van der Waals surface area contributed by atoms with E-state index >= 15 is 0 Å². The van der Waals surface area contributed by atoms with Crippen LogP contribution in [-0.2, 0) is 29.2 Å². The first-order chi connectivity index (χ1) is 13.8. The van der Waals surface area contributed by atoms with Crippen molar-refractivity contribution in [3.8, 4) is 0 Å². The highest BCUT2D eigenvalue weighted by Gasteiger charge is 2.27. The van der Waals surface area contributed by atoms with Gasteiger partial charge < -0.3 is 9.64 Å². The molecule has 1 amide bonds. The Kier molecular flexibility index (Phi) is 6.55. The van der Waals surface area contributed by atoms with E-state index in [0.717, 1.165) is 16.9 Å². The second-order valence-electron chi connectivity index (χ2n) is 7.57. The first kappa shape index (κ1) is 21.7. The van der Waals surface area contributed by atoms with Crippen molar-refractivity contribution in [3.63, 3.8) is 0 Å². The van der Waals surface area contributed by atoms with Gasteiger partial charge in [0.05, 0.1) is 25.1 Å². The van der Waals surface area contributed by atoms with Gasteiger partial charge in [-0.05, 0) is 30.6 Å². The predicted molar refractivity (Wildman–Crippen MR) is 118 cm³/mol. The third-order valence-electron chi connectivity index (χ3n) is 5.05. The van der Waals surface area contributed by atoms with E-state index in [4.69, 9.17) is 17.0 Å². The molecule has 1 aliphatic heterocycles. The Morgan fingerprint density at radius 3 is 2.55 bits per heavy atom. The fraction of sp³-hybridized carbons (Fsp3) is 0.579. The lowest BCUT2D eigenvalue weighted by Gasteiger charge is -2.17. The van der Waals surface area contributed by atoms with Crippen LogP contribution >= 0.6 is 23.6 Å². The first-order valence-corrected chi connectivity index (χ1v) is 10.8. The number of carbonyl (C=O) groups is 1. The Hall–Kier alpha value is -2.04. The average molecular weight is 439 g/mol. The molecule has 1 aliphatic rings. The maximum absolute atomic E-state index is 13.2. The molecule has 2 aromatic rings. The largest absolute Gasteiger partial charge is 0.383 e. The van der Waals surface area contributed by atoms with Crippen molar-refractivity contribution in [2.45, 2.75) is 40.4 Å². The van der Waals surface area contributed by atoms with E-state index in [1.807, 2.05) is 25.7 Å². The summed E-state index contributed by atoms with van der Waals surface area (Å²) in [4.78, 5) is 42.4. The molecular weight excluding hydrogens is 412 g/mol. The van der Waals surface area contributed by atoms with Crippen LogP contribution in [0.2, 0.25) is 0 Å². The lowest BCUT2D eigenvalue weighted by molar-refractivity contribution is -0.114. The lowest BCUT2D eigenvalue weighted by atomic mass is 10.2. The minimum absolute atomic E-state index is 0.170. The predicted octanol–water partition coefficient (Wildman–Crippen LogP) is 1.39. The molecule has 0 N–H and O–H groups in total. The summed E-state index contributed by atoms with van der Waals surface area (Å²) < 4.78 is 8.15. The number of nitrogens with zero attached hydrogens (tertiary/aromatic N) is 4. The van der Waals surface area contributed by atoms with Crippen molar-refractivity contribution in [1.82, 2.24) is 18.9 Å². The number of methoxy groups -OCH3 is 1. The molecule has 8 nitrogen and oxygen atoms in total. The molecule has 0 spiro atoms. The zero-order chi connectivity index (χ0) is 21.3. The third kappa shape index (κ3) is 4.01. The Morgan fingerprint density at radius 1 is 1.24 bits per heavy atom. The van der Waals surface area contributed by atoms with Gasteiger partial charge >= 0.3 is 5.69 Å². The smallest absolute Gasteiger partial charge is 0.332 e. The molecule has 0 atom stereocenters. The van der Waals surface area contributed by atoms with Crippen molar-refractivity contribution in [3.05, 3.63) is 31.3 Å². The van der Waals surface area contributed by atoms with Crippen LogP contribution in [0, 0.1) is 12.8 Å². The molecule has 0 bridgehead atoms. The molecule has 0 unspecified atom stereocenters. The van der Waals surface area contributed by atoms with Gasteiger partial charge in [0.25, 0.3) is 5.56 Å². The van der Waals surface area contributed by atoms with Gasteiger partial charge in [0.15, 0.2) is 5.11 Å². The van der Waals surface area contributed by atoms with E-state index in [9.17, 15) is 14.4 Å². The van der Waals surface area contributed by atoms with Gasteiger partial charge in [-0.1, -0.05) is 13.8 Å². The standard InChI is InChI=1S/C19H26N4O4S2/c1-12(2)9-23-16(25)15-13(3)14(10-20-5-6-21(11-24)19(20)28)29-17(15)22(18(23)26)7-8-27-4/h11-12H,5-10H2,1-4H3. The summed E-state index contributed by atoms with van der Waals surface area (Å²) in [5.41, 5.74) is 0.321. The van der Waals surface area contributed by atoms with Crippen LogP contribution in [0.25, 0.3) is 10.2 Å². The molecule has 3 heterocycles. The van der Waals surface area contributed by atoms with Crippen LogP contribution in [0.1, 0.15) is 24.3 Å². The maximum Gasteiger partial charge on any atom is 0.332 e. The Balaban J connectivity index is 2.13. The number of rotatable bonds is 8. The van der Waals surface area contributed by atoms with Gasteiger partial charge in [0, 0.05) is 31.6 Å². The normalized spacial score (nSPS) is 14.6. The molecule has 0 radical (unpaired) electrons. The molecule has 29 heavy (non-hydrogen) atoms. The fourth-order valence-corrected chi connectivity index (χ4v) is 5.14. The number of hydrogen-bond donors (Lipinski definition) is 0. The SMILES string of the molecule is COCCn1c(=O)n(CC(C)C)c(=O)c2c(C)c(CN3CCN(C=O)C3=S)sc21. The van der Waals surface area contributed by atoms with Crippen LogP contribution < -0.4 is 11.2 Å². The fourth-order valence-electron chi connectivity index (χ4n) is 3.52. The number of ether oxygens (including phenoxy) is 1. The Morgan fingerprint density at radius 2 is 1.97 bits per heavy atom. The minimum Gasteiger partial charge on any atom is -0.383 e. The monoisotopic (exact) mass is 438 g/mol. The van der Waals surface area contributed by atoms with Gasteiger partial charge in [-0.15, -0.1) is 11.3 Å². The van der Waals surface area contributed by atoms with Crippen molar-refractivity contribution in [1.29, 1.82) is 0 Å². The molecule has 2 aromatic heterocycles. The van der Waals surface area contributed by atoms with Crippen molar-refractivity contribution in [2.24, 2.45) is 5.92 Å². The van der Waals surface area contributed by atoms with E-state index in [-0.39, 0.29) is 17.2 Å². The highest BCUT2D eigenvalue weighted by Crippen LogP contribution is 2.30. The second kappa shape index (κ2) is 8.76. The van der Waals surface area contributed by atoms with Gasteiger partial charge in [-0.25, -0.2) is 4.79 Å². The van der Waals surface area contributed by atoms with Crippen LogP contribution in [0.15, 0.2) is 9.59 Å². The van der Waals surface area contributed by atoms with Crippen molar-refractivity contribution >= 4 is 45.3 Å². The van der Waals surface area contributed by atoms with Gasteiger partial charge in [-0.2, -0.15) is 0 Å². The van der Waals surface area contributed by atoms with Gasteiger partial charge in [0.2, 0.25) is 6.41 Å². The molecule has 3 rings (SSSR count). The average Bonchev–Trinajstić information content (AvgIpc) is 3.19. The van der Waals surface area contributed by atoms with E-state index < -0.39 is 0 Å². The number of amides is 1. The number of aromatic nitrogens is 2. The van der Waals surface area contributed by atoms with Gasteiger partial charge in [-0.3, -0.25) is 23.6 Å². The summed E-state index contributed by atoms with van der Waals surface area (Å²) in [6, 6.07) is 0. The summed E-state index contributed by atoms with van der Waals surface area (Å²) >= 11 is 6.81. The van der Waals surface area contributed by atoms with E-state index in [1.165, 1.54) is 20.8 Å². The van der Waals surface area contributed by atoms with Crippen LogP contribution in [0.4, 0.5) is 0 Å². The third-order valence-corrected chi connectivity index (χ3v) is 6.84. The van der Waals surface area contributed by atoms with Gasteiger partial charge in [0.1, 0.15) is 4.83 Å². The van der Waals surface area contributed by atoms with E-state index in [2.05, 4.69) is 0 Å². The summed E-state index contributed by atoms with van der Waals surface area (Å²) in [6.07, 6.45) is 0.743. The summed E-state index contributed by atoms with van der Waals surface area (Å²) in [6.45, 7) is 8.73. The first-order valence-electron chi connectivity index (χ1n) is 9.55. The number of hydrogen-bond acceptors (Lipinski definition) is 6. The summed E-state index contributed by atoms with van der Waals surface area (Å²) in [5, 5.41) is 1.07. The Labute approximate surface area is 178 Å². The molecule has 0 aromatic carbocycles. The second-order valence-corrected chi connectivity index (χ2v) is 9.02. The van der Waals surface area contributed by atoms with Crippen LogP contribution in [-0.4, -0.2) is 57.3 Å². The topological polar surface area (TPSA) is 76.8 Å². The number of carbonyl (C=O) groups excluding carboxylic acids is 1. The zero-order valence-corrected chi connectivity index (χ0v) is 18.8. The lowest BCUT2D eigenvalue weighted by Crippen LogP contribution is -2.41. The maximum atomic E-state index is 13.2. The van der Waals surface area contributed by atoms with Crippen LogP contribution in [0.3, 0.4) is 0 Å². The van der Waals surface area contributed by atoms with Crippen molar-refractivity contribution in [2.75, 3.05) is 26.8 Å². The Bertz CT molecular complexity index is 1050. The van der Waals surface area contributed by atoms with E-state index in [1.54, 1.807) is 11.7 Å². The number of thiophene rings is 1. The molecule has 0 saturated carbocycles. The zero-order valence-electron chi connectivity index (χ0n) is 17.1. The van der Waals surface area contributed by atoms with E-state index in [0.29, 0.717) is 54.7 Å². The highest BCUT2D eigenvalue weighted by atomic mass is 32.1. The molecule has 158 valence electrons. The highest BCUT2D eigenvalue weighted by molar-refractivity contribution is 7.80.